The van der Waals surface area contributed by atoms with Gasteiger partial charge < -0.3 is 89.3 Å². The number of pyridine rings is 6. The van der Waals surface area contributed by atoms with Gasteiger partial charge in [0.15, 0.2) is 0 Å². The predicted molar refractivity (Wildman–Crippen MR) is 525 cm³/mol. The summed E-state index contributed by atoms with van der Waals surface area (Å²) in [6, 6.07) is 55.2. The van der Waals surface area contributed by atoms with E-state index in [-0.39, 0.29) is 119 Å². The summed E-state index contributed by atoms with van der Waals surface area (Å²) in [4.78, 5) is 161. The SMILES string of the molecule is C=CC(=O)OC.CCc1cccc(CCC(=O)NCC(=O)NC[C@H](NC(=O)c2c(Cl)cc(-c3ccccc3)cc2Cl)C(=O)O)n1.CCc1cccc(CCC(=O)O)n1.CCc1cccc(CCC(=O)OC)n1.COC(=O)/C=C/c1cccc(N)n1.COC(=O)CCc1cccc(N)n1.NCC(=O)NC[C@H](NC(=O)c1c(Cl)cc(-c2ccccc2)cc1Cl)C(=O)O.Nc1cccc(Br)n1.S.[Li+].[OH-]. The van der Waals surface area contributed by atoms with Crippen molar-refractivity contribution in [1.29, 1.82) is 0 Å². The minimum Gasteiger partial charge on any atom is -0.870 e. The summed E-state index contributed by atoms with van der Waals surface area (Å²) in [5.41, 5.74) is 31.4. The Bertz CT molecular complexity index is 5470. The van der Waals surface area contributed by atoms with Gasteiger partial charge in [0.1, 0.15) is 34.1 Å². The third-order valence-electron chi connectivity index (χ3n) is 17.4. The predicted octanol–water partition coefficient (Wildman–Crippen LogP) is 9.33. The molecule has 0 radical (unpaired) electrons. The van der Waals surface area contributed by atoms with Crippen LogP contribution in [0.4, 0.5) is 17.5 Å². The van der Waals surface area contributed by atoms with Crippen molar-refractivity contribution in [1.82, 2.24) is 56.5 Å². The number of anilines is 3. The summed E-state index contributed by atoms with van der Waals surface area (Å²) in [7, 11) is 5.40. The van der Waals surface area contributed by atoms with E-state index in [1.54, 1.807) is 60.7 Å². The number of rotatable bonds is 33. The number of ether oxygens (including phenoxy) is 4. The third kappa shape index (κ3) is 50.8. The van der Waals surface area contributed by atoms with Crippen molar-refractivity contribution in [3.05, 3.63) is 294 Å². The van der Waals surface area contributed by atoms with Gasteiger partial charge in [-0.2, -0.15) is 13.5 Å². The summed E-state index contributed by atoms with van der Waals surface area (Å²) < 4.78 is 18.4. The summed E-state index contributed by atoms with van der Waals surface area (Å²) >= 11 is 28.2. The first-order valence-electron chi connectivity index (χ1n) is 40.7. The van der Waals surface area contributed by atoms with Crippen LogP contribution in [0.3, 0.4) is 0 Å². The number of nitrogen functional groups attached to an aromatic ring is 3. The molecule has 17 N–H and O–H groups in total. The Morgan fingerprint density at radius 3 is 1.11 bits per heavy atom. The molecule has 6 heterocycles. The van der Waals surface area contributed by atoms with E-state index in [1.807, 2.05) is 153 Å². The molecule has 0 bridgehead atoms. The molecule has 5 amide bonds. The number of hydrogen-bond acceptors (Lipinski definition) is 27. The Labute approximate surface area is 834 Å². The number of nitrogens with one attached hydrogen (secondary N) is 5. The molecule has 0 fully saturated rings. The second-order valence-electron chi connectivity index (χ2n) is 27.2. The average Bonchev–Trinajstić information content (AvgIpc) is 0.809. The van der Waals surface area contributed by atoms with Crippen LogP contribution in [0.5, 0.6) is 0 Å². The molecule has 35 nitrogen and oxygen atoms in total. The van der Waals surface area contributed by atoms with Crippen LogP contribution in [0.15, 0.2) is 217 Å². The second-order valence-corrected chi connectivity index (χ2v) is 29.6. The number of nitrogens with two attached hydrogens (primary N) is 4. The van der Waals surface area contributed by atoms with E-state index >= 15 is 0 Å². The van der Waals surface area contributed by atoms with Gasteiger partial charge in [0, 0.05) is 90.8 Å². The maximum Gasteiger partial charge on any atom is 1.00 e. The minimum absolute atomic E-state index is 0. The first-order chi connectivity index (χ1) is 63.5. The van der Waals surface area contributed by atoms with Crippen LogP contribution in [0.2, 0.25) is 20.1 Å². The van der Waals surface area contributed by atoms with Gasteiger partial charge >= 0.3 is 60.6 Å². The number of carbonyl (C=O) groups excluding carboxylic acids is 9. The zero-order chi connectivity index (χ0) is 98.7. The Balaban J connectivity index is 0.00000164. The zero-order valence-electron chi connectivity index (χ0n) is 75.9. The Kier molecular flexibility index (Phi) is 62.9. The van der Waals surface area contributed by atoms with Crippen molar-refractivity contribution < 1.29 is 116 Å². The van der Waals surface area contributed by atoms with Crippen molar-refractivity contribution in [3.63, 3.8) is 0 Å². The monoisotopic (exact) mass is 2030 g/mol. The summed E-state index contributed by atoms with van der Waals surface area (Å²) in [5, 5.41) is 39.3. The largest absolute Gasteiger partial charge is 1.00 e. The van der Waals surface area contributed by atoms with Gasteiger partial charge in [-0.25, -0.2) is 34.1 Å². The smallest absolute Gasteiger partial charge is 0.870 e. The van der Waals surface area contributed by atoms with E-state index in [2.05, 4.69) is 105 Å². The number of amides is 5. The summed E-state index contributed by atoms with van der Waals surface area (Å²) in [6.07, 6.45) is 9.75. The van der Waals surface area contributed by atoms with Gasteiger partial charge in [-0.05, 0) is 167 Å². The molecule has 136 heavy (non-hydrogen) atoms. The number of methoxy groups -OCH3 is 4. The van der Waals surface area contributed by atoms with Gasteiger partial charge in [-0.15, -0.1) is 0 Å². The van der Waals surface area contributed by atoms with Gasteiger partial charge in [0.05, 0.1) is 97.7 Å². The number of carboxylic acid groups (broad SMARTS) is 3. The van der Waals surface area contributed by atoms with Crippen molar-refractivity contribution in [2.45, 2.75) is 103 Å². The first-order valence-corrected chi connectivity index (χ1v) is 43.0. The molecule has 6 aromatic heterocycles. The molecule has 0 unspecified atom stereocenters. The fourth-order valence-electron chi connectivity index (χ4n) is 10.5. The van der Waals surface area contributed by atoms with E-state index in [9.17, 15) is 67.7 Å². The molecule has 0 saturated carbocycles. The van der Waals surface area contributed by atoms with Crippen LogP contribution in [0, 0.1) is 0 Å². The summed E-state index contributed by atoms with van der Waals surface area (Å²) in [6.45, 7) is 7.86. The normalized spacial score (nSPS) is 10.2. The van der Waals surface area contributed by atoms with Crippen molar-refractivity contribution >= 4 is 171 Å². The molecule has 722 valence electrons. The molecule has 10 aromatic rings. The first kappa shape index (κ1) is 123. The number of halogens is 5. The van der Waals surface area contributed by atoms with E-state index in [4.69, 9.17) is 74.4 Å². The molecule has 0 aliphatic rings. The number of benzene rings is 4. The van der Waals surface area contributed by atoms with Gasteiger partial charge in [-0.3, -0.25) is 53.3 Å². The molecule has 42 heteroatoms. The van der Waals surface area contributed by atoms with Gasteiger partial charge in [0.2, 0.25) is 17.7 Å². The molecule has 10 rings (SSSR count). The van der Waals surface area contributed by atoms with E-state index in [0.29, 0.717) is 72.8 Å². The fourth-order valence-corrected chi connectivity index (χ4v) is 12.2. The number of carbonyl (C=O) groups is 12. The fraction of sp³-hybridized carbons (Fsp3) is 0.255. The average molecular weight is 2030 g/mol. The van der Waals surface area contributed by atoms with Crippen molar-refractivity contribution in [3.8, 4) is 22.3 Å². The van der Waals surface area contributed by atoms with Crippen molar-refractivity contribution in [2.24, 2.45) is 5.73 Å². The molecular formula is C94H109BrCl4LiN15O20S. The van der Waals surface area contributed by atoms with E-state index in [0.717, 1.165) is 80.9 Å². The molecular weight excluding hydrogens is 1920 g/mol. The van der Waals surface area contributed by atoms with Gasteiger partial charge in [-0.1, -0.05) is 171 Å². The number of aliphatic carboxylic acids is 3. The van der Waals surface area contributed by atoms with Crippen LogP contribution in [-0.2, 0) is 112 Å². The molecule has 4 aromatic carbocycles. The second kappa shape index (κ2) is 69.6. The molecule has 0 aliphatic heterocycles. The summed E-state index contributed by atoms with van der Waals surface area (Å²) in [5.74, 6) is -6.33. The van der Waals surface area contributed by atoms with Gasteiger partial charge in [0.25, 0.3) is 11.8 Å². The van der Waals surface area contributed by atoms with Crippen LogP contribution >= 0.6 is 75.8 Å². The molecule has 0 aliphatic carbocycles. The van der Waals surface area contributed by atoms with Crippen LogP contribution in [-0.4, -0.2) is 189 Å². The van der Waals surface area contributed by atoms with E-state index in [1.165, 1.54) is 34.5 Å². The number of nitrogens with zero attached hydrogens (tertiary/aromatic N) is 6. The maximum absolute atomic E-state index is 12.8. The number of aryl methyl sites for hydroxylation is 7. The molecule has 0 saturated heterocycles. The maximum atomic E-state index is 12.8. The Morgan fingerprint density at radius 2 is 0.779 bits per heavy atom. The van der Waals surface area contributed by atoms with Crippen LogP contribution < -0.4 is 68.4 Å². The number of carboxylic acids is 3. The zero-order valence-corrected chi connectivity index (χ0v) is 81.5. The number of hydrogen-bond donors (Lipinski definition) is 12. The van der Waals surface area contributed by atoms with E-state index < -0.39 is 72.1 Å². The molecule has 2 atom stereocenters. The molecule has 0 spiro atoms. The van der Waals surface area contributed by atoms with Crippen molar-refractivity contribution in [2.75, 3.05) is 71.8 Å². The third-order valence-corrected chi connectivity index (χ3v) is 19.1. The standard InChI is InChI=1S/C28H28Cl2N4O5.C18H17Cl2N3O4.C11H15NO2.C10H13NO2.C9H12N2O2.C9H10N2O2.C5H5BrN2.C4H6O2.Li.H2O.H2S/c1-2-19-9-6-10-20(33-19)11-12-24(35)32-16-25(36)31-15-23(28(38)39)34-27(37)26-21(29)13-18(14-22(26)30)17-7-4-3-5-8-17;19-12-6-11(10-4-2-1-3-5-10)7-13(20)16(12)17(25)23-14(18(26)27)9-22-15(24)8-21;1-3-9-5-4-6-10(12-9)7-8-11(13)14-2;1-2-8-4-3-5-9(11-8)6-7-10(12)13;2*1-13-9(12)6-5-7-3-2-4-8(10)11-7;6-4-2-1-3-5(7)8-4;1-3-4(5)6-2;;;/h3-10,13-14,23H,2,11-12,15-16H2,1H3,(H,31,36)(H,32,35)(H,34,37)(H,38,39);1-7,14H,8-9,21H2,(H,22,24)(H,23,25)(H,26,27);4-6H,3,7-8H2,1-2H3;3-5H,2,6-7H2,1H3,(H,12,13);2-4H,5-6H2,1H3,(H2,10,11);2-6H,1H3,(H2,10,11);1-3H,(H2,7,8);3H,1H2,2H3;;2*1H2/q;;;;;;;;+1;;/p-1/b;;;;;6-5+;;;;;/t23-;14-;;;;;;;;;/m00........./s1. The Morgan fingerprint density at radius 1 is 0.426 bits per heavy atom. The quantitative estimate of drug-likeness (QED) is 0.00599. The number of esters is 4. The Hall–Kier alpha value is -13.2. The topological polar surface area (TPSA) is 574 Å². The minimum atomic E-state index is -1.46. The van der Waals surface area contributed by atoms with Crippen LogP contribution in [0.1, 0.15) is 113 Å². The number of aromatic nitrogens is 6. The van der Waals surface area contributed by atoms with Crippen LogP contribution in [0.25, 0.3) is 28.3 Å².